The van der Waals surface area contributed by atoms with E-state index in [-0.39, 0.29) is 23.7 Å². The molecule has 3 rings (SSSR count). The van der Waals surface area contributed by atoms with Gasteiger partial charge < -0.3 is 10.2 Å². The molecule has 2 unspecified atom stereocenters. The molecule has 1 saturated carbocycles. The minimum atomic E-state index is -0.238. The fourth-order valence-corrected chi connectivity index (χ4v) is 3.56. The third-order valence-corrected chi connectivity index (χ3v) is 5.10. The smallest absolute Gasteiger partial charge is 0.228 e. The number of anilines is 1. The van der Waals surface area contributed by atoms with Gasteiger partial charge in [-0.1, -0.05) is 36.0 Å². The van der Waals surface area contributed by atoms with E-state index in [4.69, 9.17) is 23.2 Å². The maximum Gasteiger partial charge on any atom is 0.228 e. The Morgan fingerprint density at radius 2 is 1.74 bits per heavy atom. The fraction of sp³-hybridized carbons (Fsp3) is 0.529. The number of hydrogen-bond donors (Lipinski definition) is 1. The quantitative estimate of drug-likeness (QED) is 0.892. The Hall–Kier alpha value is -1.26. The minimum absolute atomic E-state index is 0.134. The molecule has 23 heavy (non-hydrogen) atoms. The third-order valence-electron chi connectivity index (χ3n) is 4.55. The monoisotopic (exact) mass is 354 g/mol. The van der Waals surface area contributed by atoms with Crippen molar-refractivity contribution in [3.05, 3.63) is 28.2 Å². The Bertz CT molecular complexity index is 613. The summed E-state index contributed by atoms with van der Waals surface area (Å²) in [4.78, 5) is 26.7. The summed E-state index contributed by atoms with van der Waals surface area (Å²) in [7, 11) is 0. The third kappa shape index (κ3) is 3.99. The van der Waals surface area contributed by atoms with Crippen LogP contribution in [0.25, 0.3) is 0 Å². The van der Waals surface area contributed by atoms with E-state index in [1.165, 1.54) is 12.8 Å². The van der Waals surface area contributed by atoms with E-state index in [1.807, 2.05) is 4.90 Å². The first-order chi connectivity index (χ1) is 11.1. The molecule has 0 radical (unpaired) electrons. The van der Waals surface area contributed by atoms with E-state index in [2.05, 4.69) is 5.32 Å². The molecule has 1 aromatic carbocycles. The predicted octanol–water partition coefficient (Wildman–Crippen LogP) is 3.97. The lowest BCUT2D eigenvalue weighted by Crippen LogP contribution is -2.34. The van der Waals surface area contributed by atoms with Gasteiger partial charge in [-0.15, -0.1) is 0 Å². The SMILES string of the molecule is O=C(Nc1ccc(Cl)cc1Cl)C1CC1C(=O)N1CCCCCC1. The van der Waals surface area contributed by atoms with Gasteiger partial charge in [0, 0.05) is 18.1 Å². The van der Waals surface area contributed by atoms with Crippen molar-refractivity contribution in [2.24, 2.45) is 11.8 Å². The molecule has 1 aliphatic carbocycles. The van der Waals surface area contributed by atoms with Gasteiger partial charge in [0.2, 0.25) is 11.8 Å². The first kappa shape index (κ1) is 16.6. The number of nitrogens with one attached hydrogen (secondary N) is 1. The normalized spacial score (nSPS) is 24.0. The highest BCUT2D eigenvalue weighted by Gasteiger charge is 2.49. The summed E-state index contributed by atoms with van der Waals surface area (Å²) in [6.45, 7) is 1.65. The Morgan fingerprint density at radius 3 is 2.39 bits per heavy atom. The van der Waals surface area contributed by atoms with Crippen LogP contribution in [0.5, 0.6) is 0 Å². The van der Waals surface area contributed by atoms with Crippen LogP contribution in [0.3, 0.4) is 0 Å². The number of halogens is 2. The molecule has 2 amide bonds. The number of likely N-dealkylation sites (tertiary alicyclic amines) is 1. The second kappa shape index (κ2) is 7.10. The largest absolute Gasteiger partial charge is 0.342 e. The van der Waals surface area contributed by atoms with Crippen LogP contribution in [0, 0.1) is 11.8 Å². The second-order valence-electron chi connectivity index (χ2n) is 6.30. The number of nitrogens with zero attached hydrogens (tertiary/aromatic N) is 1. The molecule has 1 saturated heterocycles. The average Bonchev–Trinajstić information content (AvgIpc) is 3.33. The van der Waals surface area contributed by atoms with E-state index < -0.39 is 0 Å². The maximum absolute atomic E-state index is 12.5. The predicted molar refractivity (Wildman–Crippen MR) is 91.7 cm³/mol. The van der Waals surface area contributed by atoms with Crippen LogP contribution >= 0.6 is 23.2 Å². The fourth-order valence-electron chi connectivity index (χ4n) is 3.10. The number of benzene rings is 1. The second-order valence-corrected chi connectivity index (χ2v) is 7.15. The Kier molecular flexibility index (Phi) is 5.12. The van der Waals surface area contributed by atoms with Crippen LogP contribution in [0.2, 0.25) is 10.0 Å². The Balaban J connectivity index is 1.56. The van der Waals surface area contributed by atoms with Gasteiger partial charge in [-0.05, 0) is 37.5 Å². The molecule has 124 valence electrons. The average molecular weight is 355 g/mol. The lowest BCUT2D eigenvalue weighted by Gasteiger charge is -2.20. The molecule has 2 atom stereocenters. The van der Waals surface area contributed by atoms with Crippen LogP contribution < -0.4 is 5.32 Å². The van der Waals surface area contributed by atoms with Crippen LogP contribution in [0.1, 0.15) is 32.1 Å². The lowest BCUT2D eigenvalue weighted by molar-refractivity contribution is -0.134. The van der Waals surface area contributed by atoms with Crippen molar-refractivity contribution in [3.63, 3.8) is 0 Å². The van der Waals surface area contributed by atoms with E-state index in [0.717, 1.165) is 25.9 Å². The van der Waals surface area contributed by atoms with Gasteiger partial charge in [-0.25, -0.2) is 0 Å². The summed E-state index contributed by atoms with van der Waals surface area (Å²) in [5.41, 5.74) is 0.536. The highest BCUT2D eigenvalue weighted by Crippen LogP contribution is 2.41. The van der Waals surface area contributed by atoms with Crippen molar-refractivity contribution in [2.75, 3.05) is 18.4 Å². The van der Waals surface area contributed by atoms with Crippen molar-refractivity contribution < 1.29 is 9.59 Å². The molecule has 1 aliphatic heterocycles. The molecule has 1 aromatic rings. The summed E-state index contributed by atoms with van der Waals surface area (Å²) in [5, 5.41) is 3.73. The summed E-state index contributed by atoms with van der Waals surface area (Å²) in [6.07, 6.45) is 5.14. The number of hydrogen-bond acceptors (Lipinski definition) is 2. The van der Waals surface area contributed by atoms with Crippen molar-refractivity contribution >= 4 is 40.7 Å². The van der Waals surface area contributed by atoms with E-state index in [9.17, 15) is 9.59 Å². The standard InChI is InChI=1S/C17H20Cl2N2O2/c18-11-5-6-15(14(19)9-11)20-16(22)12-10-13(12)17(23)21-7-3-1-2-4-8-21/h5-6,9,12-13H,1-4,7-8,10H2,(H,20,22). The van der Waals surface area contributed by atoms with Crippen LogP contribution in [-0.2, 0) is 9.59 Å². The van der Waals surface area contributed by atoms with Gasteiger partial charge in [0.15, 0.2) is 0 Å². The highest BCUT2D eigenvalue weighted by atomic mass is 35.5. The minimum Gasteiger partial charge on any atom is -0.342 e. The van der Waals surface area contributed by atoms with Crippen molar-refractivity contribution in [2.45, 2.75) is 32.1 Å². The molecule has 1 heterocycles. The lowest BCUT2D eigenvalue weighted by atomic mass is 10.2. The zero-order valence-corrected chi connectivity index (χ0v) is 14.4. The van der Waals surface area contributed by atoms with Gasteiger partial charge in [-0.2, -0.15) is 0 Å². The number of amides is 2. The highest BCUT2D eigenvalue weighted by molar-refractivity contribution is 6.36. The molecule has 0 spiro atoms. The maximum atomic E-state index is 12.5. The van der Waals surface area contributed by atoms with Gasteiger partial charge >= 0.3 is 0 Å². The van der Waals surface area contributed by atoms with Gasteiger partial charge in [0.05, 0.1) is 22.5 Å². The summed E-state index contributed by atoms with van der Waals surface area (Å²) < 4.78 is 0. The van der Waals surface area contributed by atoms with E-state index in [1.54, 1.807) is 18.2 Å². The van der Waals surface area contributed by atoms with E-state index >= 15 is 0 Å². The van der Waals surface area contributed by atoms with E-state index in [0.29, 0.717) is 22.2 Å². The Morgan fingerprint density at radius 1 is 1.04 bits per heavy atom. The number of rotatable bonds is 3. The van der Waals surface area contributed by atoms with Gasteiger partial charge in [0.25, 0.3) is 0 Å². The molecular weight excluding hydrogens is 335 g/mol. The first-order valence-electron chi connectivity index (χ1n) is 8.11. The molecule has 0 aromatic heterocycles. The summed E-state index contributed by atoms with van der Waals surface area (Å²) in [6, 6.07) is 4.94. The number of carbonyl (C=O) groups excluding carboxylic acids is 2. The van der Waals surface area contributed by atoms with Crippen LogP contribution in [-0.4, -0.2) is 29.8 Å². The van der Waals surface area contributed by atoms with Crippen LogP contribution in [0.15, 0.2) is 18.2 Å². The van der Waals surface area contributed by atoms with Crippen LogP contribution in [0.4, 0.5) is 5.69 Å². The molecule has 0 bridgehead atoms. The van der Waals surface area contributed by atoms with Crippen molar-refractivity contribution in [1.82, 2.24) is 4.90 Å². The van der Waals surface area contributed by atoms with Gasteiger partial charge in [-0.3, -0.25) is 9.59 Å². The molecular formula is C17H20Cl2N2O2. The molecule has 1 N–H and O–H groups in total. The zero-order chi connectivity index (χ0) is 16.4. The summed E-state index contributed by atoms with van der Waals surface area (Å²) >= 11 is 11.9. The Labute approximate surface area is 146 Å². The molecule has 6 heteroatoms. The van der Waals surface area contributed by atoms with Gasteiger partial charge in [0.1, 0.15) is 0 Å². The summed E-state index contributed by atoms with van der Waals surface area (Å²) in [5.74, 6) is -0.409. The van der Waals surface area contributed by atoms with Crippen molar-refractivity contribution in [3.8, 4) is 0 Å². The molecule has 2 fully saturated rings. The number of carbonyl (C=O) groups is 2. The van der Waals surface area contributed by atoms with Crippen molar-refractivity contribution in [1.29, 1.82) is 0 Å². The molecule has 2 aliphatic rings. The first-order valence-corrected chi connectivity index (χ1v) is 8.86. The topological polar surface area (TPSA) is 49.4 Å². The molecule has 4 nitrogen and oxygen atoms in total. The zero-order valence-electron chi connectivity index (χ0n) is 12.9.